The predicted molar refractivity (Wildman–Crippen MR) is 101 cm³/mol. The number of nitrogens with one attached hydrogen (secondary N) is 1. The number of hydrogen-bond donors (Lipinski definition) is 2. The normalized spacial score (nSPS) is 10.9. The Balaban J connectivity index is 1.88. The third-order valence-corrected chi connectivity index (χ3v) is 4.35. The van der Waals surface area contributed by atoms with Crippen LogP contribution >= 0.6 is 0 Å². The summed E-state index contributed by atoms with van der Waals surface area (Å²) in [5, 5.41) is 6.30. The van der Waals surface area contributed by atoms with Gasteiger partial charge in [-0.3, -0.25) is 9.89 Å². The molecule has 0 aliphatic heterocycles. The van der Waals surface area contributed by atoms with Gasteiger partial charge in [0, 0.05) is 11.1 Å². The molecule has 3 N–H and O–H groups in total. The monoisotopic (exact) mass is 394 g/mol. The van der Waals surface area contributed by atoms with Crippen LogP contribution in [-0.2, 0) is 0 Å². The van der Waals surface area contributed by atoms with E-state index in [0.29, 0.717) is 16.7 Å². The first-order chi connectivity index (χ1) is 13.9. The number of carbonyl (C=O) groups is 1. The van der Waals surface area contributed by atoms with E-state index in [9.17, 15) is 18.0 Å². The first-order valence-electron chi connectivity index (χ1n) is 8.50. The average molecular weight is 394 g/mol. The highest BCUT2D eigenvalue weighted by molar-refractivity contribution is 5.89. The van der Waals surface area contributed by atoms with Crippen molar-refractivity contribution in [2.45, 2.75) is 0 Å². The summed E-state index contributed by atoms with van der Waals surface area (Å²) in [6.45, 7) is 0. The van der Waals surface area contributed by atoms with E-state index >= 15 is 0 Å². The second kappa shape index (κ2) is 7.23. The summed E-state index contributed by atoms with van der Waals surface area (Å²) in [6, 6.07) is 13.6. The summed E-state index contributed by atoms with van der Waals surface area (Å²) < 4.78 is 42.4. The minimum atomic E-state index is -0.787. The largest absolute Gasteiger partial charge is 0.363 e. The van der Waals surface area contributed by atoms with Crippen LogP contribution in [0.2, 0.25) is 0 Å². The van der Waals surface area contributed by atoms with Gasteiger partial charge < -0.3 is 5.73 Å². The van der Waals surface area contributed by atoms with Gasteiger partial charge in [-0.25, -0.2) is 18.2 Å². The molecule has 0 spiro atoms. The first kappa shape index (κ1) is 18.4. The van der Waals surface area contributed by atoms with Crippen LogP contribution < -0.4 is 5.73 Å². The molecule has 144 valence electrons. The molecule has 0 atom stereocenters. The van der Waals surface area contributed by atoms with E-state index < -0.39 is 23.4 Å². The Labute approximate surface area is 163 Å². The van der Waals surface area contributed by atoms with Gasteiger partial charge in [0.05, 0.1) is 0 Å². The van der Waals surface area contributed by atoms with Gasteiger partial charge in [0.1, 0.15) is 17.5 Å². The number of nitrogens with zero attached hydrogens (tertiary/aromatic N) is 2. The maximum absolute atomic E-state index is 14.7. The Kier molecular flexibility index (Phi) is 4.59. The van der Waals surface area contributed by atoms with Crippen molar-refractivity contribution in [3.63, 3.8) is 0 Å². The van der Waals surface area contributed by atoms with Crippen molar-refractivity contribution in [1.82, 2.24) is 15.2 Å². The summed E-state index contributed by atoms with van der Waals surface area (Å²) in [6.07, 6.45) is 0. The van der Waals surface area contributed by atoms with Crippen LogP contribution in [0.1, 0.15) is 10.6 Å². The third-order valence-electron chi connectivity index (χ3n) is 4.35. The second-order valence-electron chi connectivity index (χ2n) is 6.27. The molecular formula is C21H13F3N4O. The summed E-state index contributed by atoms with van der Waals surface area (Å²) in [4.78, 5) is 15.2. The highest BCUT2D eigenvalue weighted by Gasteiger charge is 2.16. The zero-order valence-electron chi connectivity index (χ0n) is 14.8. The third kappa shape index (κ3) is 3.60. The lowest BCUT2D eigenvalue weighted by Crippen LogP contribution is -2.12. The molecule has 0 aliphatic rings. The number of aromatic nitrogens is 3. The van der Waals surface area contributed by atoms with E-state index in [1.807, 2.05) is 0 Å². The number of carbonyl (C=O) groups excluding carboxylic acids is 1. The fourth-order valence-electron chi connectivity index (χ4n) is 3.02. The van der Waals surface area contributed by atoms with E-state index in [4.69, 9.17) is 5.73 Å². The fraction of sp³-hybridized carbons (Fsp3) is 0. The van der Waals surface area contributed by atoms with Crippen molar-refractivity contribution in [2.75, 3.05) is 0 Å². The number of nitrogens with two attached hydrogens (primary N) is 1. The van der Waals surface area contributed by atoms with Crippen molar-refractivity contribution in [3.05, 3.63) is 83.9 Å². The molecule has 0 saturated carbocycles. The molecule has 0 saturated heterocycles. The smallest absolute Gasteiger partial charge is 0.286 e. The maximum Gasteiger partial charge on any atom is 0.286 e. The standard InChI is InChI=1S/C21H13F3N4O/c22-13-3-1-2-11(8-13)15-6-5-14(23)10-16(15)17-9-12(4-7-18(17)24)20-26-21(19(25)29)28-27-20/h1-10H,(H2,25,29)(H,26,27,28). The van der Waals surface area contributed by atoms with Gasteiger partial charge in [-0.05, 0) is 59.2 Å². The topological polar surface area (TPSA) is 84.7 Å². The Morgan fingerprint density at radius 2 is 1.62 bits per heavy atom. The Bertz CT molecular complexity index is 1240. The SMILES string of the molecule is NC(=O)c1nc(-c2ccc(F)c(-c3cc(F)ccc3-c3cccc(F)c3)c2)n[nH]1. The molecule has 1 heterocycles. The molecule has 0 fully saturated rings. The number of rotatable bonds is 4. The predicted octanol–water partition coefficient (Wildman–Crippen LogP) is 4.32. The minimum absolute atomic E-state index is 0.0756. The lowest BCUT2D eigenvalue weighted by Gasteiger charge is -2.12. The summed E-state index contributed by atoms with van der Waals surface area (Å²) >= 11 is 0. The Morgan fingerprint density at radius 1 is 0.828 bits per heavy atom. The molecule has 8 heteroatoms. The van der Waals surface area contributed by atoms with Crippen LogP contribution in [0.15, 0.2) is 60.7 Å². The van der Waals surface area contributed by atoms with Gasteiger partial charge in [-0.15, -0.1) is 0 Å². The van der Waals surface area contributed by atoms with Crippen LogP contribution in [0.25, 0.3) is 33.6 Å². The van der Waals surface area contributed by atoms with Gasteiger partial charge >= 0.3 is 0 Å². The number of amides is 1. The van der Waals surface area contributed by atoms with Crippen molar-refractivity contribution in [2.24, 2.45) is 5.73 Å². The maximum atomic E-state index is 14.7. The quantitative estimate of drug-likeness (QED) is 0.541. The highest BCUT2D eigenvalue weighted by atomic mass is 19.1. The molecule has 3 aromatic carbocycles. The summed E-state index contributed by atoms with van der Waals surface area (Å²) in [7, 11) is 0. The van der Waals surface area contributed by atoms with Gasteiger partial charge in [0.2, 0.25) is 5.82 Å². The zero-order chi connectivity index (χ0) is 20.5. The average Bonchev–Trinajstić information content (AvgIpc) is 3.19. The fourth-order valence-corrected chi connectivity index (χ4v) is 3.02. The number of aromatic amines is 1. The summed E-state index contributed by atoms with van der Waals surface area (Å²) in [5.41, 5.74) is 6.78. The van der Waals surface area contributed by atoms with Gasteiger partial charge in [-0.2, -0.15) is 5.10 Å². The van der Waals surface area contributed by atoms with Crippen molar-refractivity contribution in [1.29, 1.82) is 0 Å². The second-order valence-corrected chi connectivity index (χ2v) is 6.27. The van der Waals surface area contributed by atoms with Gasteiger partial charge in [0.15, 0.2) is 5.82 Å². The van der Waals surface area contributed by atoms with Crippen LogP contribution in [0.3, 0.4) is 0 Å². The summed E-state index contributed by atoms with van der Waals surface area (Å²) in [5.74, 6) is -2.45. The molecule has 0 unspecified atom stereocenters. The molecule has 1 amide bonds. The molecule has 5 nitrogen and oxygen atoms in total. The molecule has 4 rings (SSSR count). The van der Waals surface area contributed by atoms with E-state index in [1.165, 1.54) is 54.6 Å². The number of benzene rings is 3. The number of primary amides is 1. The van der Waals surface area contributed by atoms with Crippen LogP contribution in [-0.4, -0.2) is 21.1 Å². The van der Waals surface area contributed by atoms with Crippen LogP contribution in [0.5, 0.6) is 0 Å². The minimum Gasteiger partial charge on any atom is -0.363 e. The lowest BCUT2D eigenvalue weighted by atomic mass is 9.93. The van der Waals surface area contributed by atoms with Gasteiger partial charge in [-0.1, -0.05) is 18.2 Å². The Hall–Kier alpha value is -3.94. The van der Waals surface area contributed by atoms with E-state index in [-0.39, 0.29) is 22.8 Å². The molecule has 4 aromatic rings. The highest BCUT2D eigenvalue weighted by Crippen LogP contribution is 2.36. The zero-order valence-corrected chi connectivity index (χ0v) is 14.8. The van der Waals surface area contributed by atoms with Gasteiger partial charge in [0.25, 0.3) is 5.91 Å². The number of halogens is 3. The molecule has 29 heavy (non-hydrogen) atoms. The molecule has 1 aromatic heterocycles. The Morgan fingerprint density at radius 3 is 2.34 bits per heavy atom. The molecule has 0 bridgehead atoms. The van der Waals surface area contributed by atoms with Crippen molar-refractivity contribution in [3.8, 4) is 33.6 Å². The van der Waals surface area contributed by atoms with E-state index in [1.54, 1.807) is 6.07 Å². The van der Waals surface area contributed by atoms with Crippen LogP contribution in [0.4, 0.5) is 13.2 Å². The van der Waals surface area contributed by atoms with Crippen LogP contribution in [0, 0.1) is 17.5 Å². The molecule has 0 radical (unpaired) electrons. The van der Waals surface area contributed by atoms with Crippen molar-refractivity contribution < 1.29 is 18.0 Å². The van der Waals surface area contributed by atoms with E-state index in [2.05, 4.69) is 15.2 Å². The first-order valence-corrected chi connectivity index (χ1v) is 8.50. The number of hydrogen-bond acceptors (Lipinski definition) is 3. The molecule has 0 aliphatic carbocycles. The van der Waals surface area contributed by atoms with Crippen molar-refractivity contribution >= 4 is 5.91 Å². The molecular weight excluding hydrogens is 381 g/mol. The lowest BCUT2D eigenvalue weighted by molar-refractivity contribution is 0.0991. The number of H-pyrrole nitrogens is 1. The van der Waals surface area contributed by atoms with E-state index in [0.717, 1.165) is 0 Å².